The Labute approximate surface area is 422 Å². The number of amides is 1. The maximum atomic E-state index is 12.4. The van der Waals surface area contributed by atoms with Crippen LogP contribution in [-0.2, 0) is 32.7 Å². The second-order valence-corrected chi connectivity index (χ2v) is 17.7. The molecule has 0 radical (unpaired) electrons. The minimum absolute atomic E-state index is 0.0529. The number of ether oxygens (including phenoxy) is 1. The van der Waals surface area contributed by atoms with Crippen molar-refractivity contribution in [3.63, 3.8) is 0 Å². The Morgan fingerprint density at radius 2 is 0.800 bits per heavy atom. The van der Waals surface area contributed by atoms with E-state index in [9.17, 15) is 34.1 Å². The highest BCUT2D eigenvalue weighted by molar-refractivity contribution is 7.47. The molecule has 0 bridgehead atoms. The number of hydrogen-bond acceptors (Lipinski definition) is 8. The van der Waals surface area contributed by atoms with Gasteiger partial charge in [0.1, 0.15) is 12.7 Å². The number of carboxylic acids is 1. The van der Waals surface area contributed by atoms with E-state index in [2.05, 4.69) is 165 Å². The van der Waals surface area contributed by atoms with Crippen molar-refractivity contribution < 1.29 is 47.8 Å². The number of carboxylic acid groups (broad SMARTS) is 1. The minimum Gasteiger partial charge on any atom is -0.480 e. The van der Waals surface area contributed by atoms with E-state index in [0.717, 1.165) is 109 Å². The van der Waals surface area contributed by atoms with Gasteiger partial charge in [0.05, 0.1) is 13.2 Å². The topological polar surface area (TPSA) is 169 Å². The third-order valence-corrected chi connectivity index (χ3v) is 10.8. The van der Waals surface area contributed by atoms with E-state index in [1.54, 1.807) is 0 Å². The molecule has 0 saturated carbocycles. The zero-order chi connectivity index (χ0) is 51.3. The van der Waals surface area contributed by atoms with E-state index in [1.165, 1.54) is 0 Å². The van der Waals surface area contributed by atoms with E-state index in [1.807, 2.05) is 12.2 Å². The molecule has 0 aliphatic carbocycles. The number of carbonyl (C=O) groups excluding carboxylic acids is 2. The van der Waals surface area contributed by atoms with Gasteiger partial charge in [-0.25, -0.2) is 9.36 Å². The summed E-state index contributed by atoms with van der Waals surface area (Å²) in [5.41, 5.74) is 0. The number of rotatable bonds is 45. The van der Waals surface area contributed by atoms with Gasteiger partial charge in [-0.05, 0) is 116 Å². The maximum absolute atomic E-state index is 12.4. The van der Waals surface area contributed by atoms with Crippen molar-refractivity contribution in [1.82, 2.24) is 5.32 Å². The fraction of sp³-hybridized carbons (Fsp3) is 0.500. The third kappa shape index (κ3) is 49.5. The average Bonchev–Trinajstić information content (AvgIpc) is 3.34. The standard InChI is InChI=1S/C58H88NO10P/c1-3-5-7-9-11-13-15-17-19-21-23-25-27-29-31-33-35-37-39-41-43-45-47-49-56(61)59-55(58(63)64)53-69-70(65,66)68-52-54(60)51-67-57(62)50-48-46-44-42-40-38-36-34-32-30-28-26-24-22-20-18-16-14-12-10-8-6-4-2/h5-8,11-14,17-20,23-26,29-32,35-38,41,43,54-55,60H,3-4,9-10,15-16,21-22,27-28,33-34,39-40,42,44-53H2,1-2H3,(H,59,61)(H,63,64)(H,65,66)/b7-5-,8-6-,13-11-,14-12-,19-17-,20-18-,25-23-,26-24-,31-29-,32-30-,37-35-,38-36-,43-41-. The van der Waals surface area contributed by atoms with E-state index in [-0.39, 0.29) is 12.8 Å². The van der Waals surface area contributed by atoms with Crippen molar-refractivity contribution >= 4 is 25.7 Å². The lowest BCUT2D eigenvalue weighted by Crippen LogP contribution is -2.43. The smallest absolute Gasteiger partial charge is 0.472 e. The van der Waals surface area contributed by atoms with E-state index in [4.69, 9.17) is 13.8 Å². The molecule has 12 heteroatoms. The second kappa shape index (κ2) is 50.5. The van der Waals surface area contributed by atoms with Crippen LogP contribution in [0.5, 0.6) is 0 Å². The molecule has 0 aromatic heterocycles. The normalized spacial score (nSPS) is 14.8. The van der Waals surface area contributed by atoms with Crippen molar-refractivity contribution in [2.75, 3.05) is 19.8 Å². The molecule has 70 heavy (non-hydrogen) atoms. The lowest BCUT2D eigenvalue weighted by atomic mass is 10.1. The molecule has 11 nitrogen and oxygen atoms in total. The van der Waals surface area contributed by atoms with Gasteiger partial charge < -0.3 is 25.2 Å². The fourth-order valence-electron chi connectivity index (χ4n) is 5.95. The Morgan fingerprint density at radius 3 is 1.19 bits per heavy atom. The van der Waals surface area contributed by atoms with Crippen molar-refractivity contribution in [3.05, 3.63) is 158 Å². The van der Waals surface area contributed by atoms with E-state index in [0.29, 0.717) is 19.3 Å². The molecule has 0 aromatic rings. The SMILES string of the molecule is CC/C=C\C/C=C\C/C=C\C/C=C\C/C=C\C/C=C\C/C=C\CCCC(=O)NC(COP(=O)(O)OCC(O)COC(=O)CCCCCC/C=C\C/C=C\C/C=C\C/C=C\C/C=C\C/C=C\CC)C(=O)O. The zero-order valence-electron chi connectivity index (χ0n) is 42.5. The molecule has 0 aromatic carbocycles. The Hall–Kier alpha value is -4.90. The Morgan fingerprint density at radius 1 is 0.457 bits per heavy atom. The van der Waals surface area contributed by atoms with Crippen LogP contribution in [0, 0.1) is 0 Å². The number of unbranched alkanes of at least 4 members (excludes halogenated alkanes) is 5. The third-order valence-electron chi connectivity index (χ3n) is 9.81. The molecule has 4 N–H and O–H groups in total. The second-order valence-electron chi connectivity index (χ2n) is 16.2. The molecular formula is C58H88NO10P. The van der Waals surface area contributed by atoms with E-state index >= 15 is 0 Å². The average molecular weight is 990 g/mol. The van der Waals surface area contributed by atoms with Crippen molar-refractivity contribution in [1.29, 1.82) is 0 Å². The first-order valence-corrected chi connectivity index (χ1v) is 27.0. The van der Waals surface area contributed by atoms with Gasteiger partial charge in [-0.2, -0.15) is 0 Å². The molecule has 0 aliphatic rings. The Bertz CT molecular complexity index is 1780. The molecule has 1 amide bonds. The predicted octanol–water partition coefficient (Wildman–Crippen LogP) is 14.4. The molecule has 3 atom stereocenters. The number of carbonyl (C=O) groups is 3. The van der Waals surface area contributed by atoms with Crippen LogP contribution in [0.1, 0.15) is 155 Å². The molecule has 0 saturated heterocycles. The van der Waals surface area contributed by atoms with Crippen LogP contribution in [0.3, 0.4) is 0 Å². The predicted molar refractivity (Wildman–Crippen MR) is 290 cm³/mol. The zero-order valence-corrected chi connectivity index (χ0v) is 43.4. The summed E-state index contributed by atoms with van der Waals surface area (Å²) in [6.07, 6.45) is 72.7. The number of aliphatic carboxylic acids is 1. The highest BCUT2D eigenvalue weighted by atomic mass is 31.2. The highest BCUT2D eigenvalue weighted by Gasteiger charge is 2.28. The summed E-state index contributed by atoms with van der Waals surface area (Å²) in [7, 11) is -4.80. The summed E-state index contributed by atoms with van der Waals surface area (Å²) >= 11 is 0. The molecule has 0 spiro atoms. The summed E-state index contributed by atoms with van der Waals surface area (Å²) in [5, 5.41) is 21.9. The van der Waals surface area contributed by atoms with Crippen LogP contribution in [0.25, 0.3) is 0 Å². The summed E-state index contributed by atoms with van der Waals surface area (Å²) in [4.78, 5) is 46.1. The summed E-state index contributed by atoms with van der Waals surface area (Å²) < 4.78 is 26.9. The summed E-state index contributed by atoms with van der Waals surface area (Å²) in [5.74, 6) is -2.51. The van der Waals surface area contributed by atoms with Gasteiger partial charge in [-0.15, -0.1) is 0 Å². The lowest BCUT2D eigenvalue weighted by Gasteiger charge is -2.18. The molecular weight excluding hydrogens is 902 g/mol. The number of aliphatic hydroxyl groups excluding tert-OH is 1. The largest absolute Gasteiger partial charge is 0.480 e. The number of allylic oxidation sites excluding steroid dienone is 26. The van der Waals surface area contributed by atoms with Crippen LogP contribution in [0.4, 0.5) is 0 Å². The van der Waals surface area contributed by atoms with Gasteiger partial charge in [0.15, 0.2) is 6.04 Å². The Balaban J connectivity index is 4.02. The maximum Gasteiger partial charge on any atom is 0.472 e. The van der Waals surface area contributed by atoms with Gasteiger partial charge in [0.2, 0.25) is 5.91 Å². The molecule has 390 valence electrons. The fourth-order valence-corrected chi connectivity index (χ4v) is 6.73. The van der Waals surface area contributed by atoms with Crippen LogP contribution in [0.2, 0.25) is 0 Å². The minimum atomic E-state index is -4.80. The van der Waals surface area contributed by atoms with Crippen LogP contribution in [-0.4, -0.2) is 64.9 Å². The van der Waals surface area contributed by atoms with Gasteiger partial charge in [0, 0.05) is 12.8 Å². The first-order valence-electron chi connectivity index (χ1n) is 25.5. The number of nitrogens with one attached hydrogen (secondary N) is 1. The van der Waals surface area contributed by atoms with Gasteiger partial charge >= 0.3 is 19.8 Å². The number of esters is 1. The van der Waals surface area contributed by atoms with Crippen LogP contribution in [0.15, 0.2) is 158 Å². The molecule has 0 fully saturated rings. The van der Waals surface area contributed by atoms with Crippen LogP contribution >= 0.6 is 7.82 Å². The highest BCUT2D eigenvalue weighted by Crippen LogP contribution is 2.43. The van der Waals surface area contributed by atoms with Crippen molar-refractivity contribution in [2.45, 2.75) is 167 Å². The quantitative estimate of drug-likeness (QED) is 0.0199. The first-order chi connectivity index (χ1) is 34.1. The molecule has 0 heterocycles. The van der Waals surface area contributed by atoms with Gasteiger partial charge in [-0.1, -0.05) is 185 Å². The summed E-state index contributed by atoms with van der Waals surface area (Å²) in [6, 6.07) is -1.59. The monoisotopic (exact) mass is 990 g/mol. The van der Waals surface area contributed by atoms with E-state index < -0.39 is 57.6 Å². The number of hydrogen-bond donors (Lipinski definition) is 4. The van der Waals surface area contributed by atoms with Crippen molar-refractivity contribution in [3.8, 4) is 0 Å². The number of aliphatic hydroxyl groups is 1. The lowest BCUT2D eigenvalue weighted by molar-refractivity contribution is -0.147. The Kier molecular flexibility index (Phi) is 47.0. The molecule has 3 unspecified atom stereocenters. The van der Waals surface area contributed by atoms with Gasteiger partial charge in [-0.3, -0.25) is 18.6 Å². The summed E-state index contributed by atoms with van der Waals surface area (Å²) in [6.45, 7) is 2.28. The van der Waals surface area contributed by atoms with Crippen LogP contribution < -0.4 is 5.32 Å². The molecule has 0 aliphatic heterocycles. The van der Waals surface area contributed by atoms with Gasteiger partial charge in [0.25, 0.3) is 0 Å². The first kappa shape index (κ1) is 65.1. The molecule has 0 rings (SSSR count). The number of phosphoric acid groups is 1. The van der Waals surface area contributed by atoms with Crippen molar-refractivity contribution in [2.24, 2.45) is 0 Å². The number of phosphoric ester groups is 1.